The number of carbonyl (C=O) groups excluding carboxylic acids is 3. The molecule has 1 aliphatic heterocycles. The molecule has 0 bridgehead atoms. The van der Waals surface area contributed by atoms with E-state index < -0.39 is 29.7 Å². The third-order valence-corrected chi connectivity index (χ3v) is 5.42. The zero-order valence-corrected chi connectivity index (χ0v) is 16.6. The summed E-state index contributed by atoms with van der Waals surface area (Å²) in [7, 11) is 1.28. The number of nitrogens with zero attached hydrogens (tertiary/aromatic N) is 2. The molecule has 2 amide bonds. The van der Waals surface area contributed by atoms with Crippen LogP contribution in [0.2, 0.25) is 0 Å². The molecule has 1 aliphatic carbocycles. The number of fused-ring (bicyclic) bond motifs is 1. The van der Waals surface area contributed by atoms with Gasteiger partial charge in [0.25, 0.3) is 0 Å². The van der Waals surface area contributed by atoms with Gasteiger partial charge in [0.1, 0.15) is 0 Å². The molecule has 2 unspecified atom stereocenters. The normalized spacial score (nSPS) is 20.9. The summed E-state index contributed by atoms with van der Waals surface area (Å²) in [5.41, 5.74) is 1.85. The van der Waals surface area contributed by atoms with E-state index in [4.69, 9.17) is 17.0 Å². The number of benzene rings is 1. The minimum absolute atomic E-state index is 0.0362. The maximum Gasteiger partial charge on any atom is 0.330 e. The van der Waals surface area contributed by atoms with Gasteiger partial charge in [0, 0.05) is 35.8 Å². The van der Waals surface area contributed by atoms with Gasteiger partial charge in [-0.15, -0.1) is 0 Å². The van der Waals surface area contributed by atoms with Crippen molar-refractivity contribution in [2.45, 2.75) is 31.3 Å². The van der Waals surface area contributed by atoms with Crippen molar-refractivity contribution in [1.82, 2.24) is 15.2 Å². The van der Waals surface area contributed by atoms with E-state index in [-0.39, 0.29) is 17.6 Å². The zero-order chi connectivity index (χ0) is 20.5. The smallest absolute Gasteiger partial charge is 0.330 e. The molecule has 29 heavy (non-hydrogen) atoms. The molecule has 2 fully saturated rings. The van der Waals surface area contributed by atoms with Crippen molar-refractivity contribution in [1.29, 1.82) is 0 Å². The second kappa shape index (κ2) is 7.75. The number of amides is 2. The molecule has 2 N–H and O–H groups in total. The van der Waals surface area contributed by atoms with Gasteiger partial charge in [0.2, 0.25) is 11.8 Å². The van der Waals surface area contributed by atoms with Crippen molar-refractivity contribution in [3.05, 3.63) is 36.0 Å². The highest BCUT2D eigenvalue weighted by Crippen LogP contribution is 2.29. The number of ether oxygens (including phenoxy) is 1. The van der Waals surface area contributed by atoms with E-state index in [1.54, 1.807) is 0 Å². The second-order valence-corrected chi connectivity index (χ2v) is 7.50. The summed E-state index contributed by atoms with van der Waals surface area (Å²) in [5.74, 6) is -2.58. The molecule has 1 aromatic heterocycles. The third-order valence-electron chi connectivity index (χ3n) is 5.12. The Morgan fingerprint density at radius 1 is 1.38 bits per heavy atom. The number of H-pyrrole nitrogens is 1. The van der Waals surface area contributed by atoms with Crippen molar-refractivity contribution in [2.24, 2.45) is 10.9 Å². The Morgan fingerprint density at radius 3 is 2.86 bits per heavy atom. The maximum atomic E-state index is 12.7. The van der Waals surface area contributed by atoms with Crippen molar-refractivity contribution in [3.63, 3.8) is 0 Å². The minimum atomic E-state index is -1.11. The fraction of sp³-hybridized carbons (Fsp3) is 0.350. The van der Waals surface area contributed by atoms with Crippen LogP contribution >= 0.6 is 12.2 Å². The van der Waals surface area contributed by atoms with Gasteiger partial charge in [0.15, 0.2) is 17.1 Å². The Hall–Kier alpha value is -3.07. The molecular weight excluding hydrogens is 392 g/mol. The highest BCUT2D eigenvalue weighted by Gasteiger charge is 2.44. The topological polar surface area (TPSA) is 104 Å². The maximum absolute atomic E-state index is 12.7. The minimum Gasteiger partial charge on any atom is -0.467 e. The van der Waals surface area contributed by atoms with Crippen LogP contribution in [-0.4, -0.2) is 58.2 Å². The van der Waals surface area contributed by atoms with Crippen LogP contribution in [0.1, 0.15) is 18.4 Å². The lowest BCUT2D eigenvalue weighted by Gasteiger charge is -2.31. The van der Waals surface area contributed by atoms with Crippen molar-refractivity contribution >= 4 is 52.2 Å². The Morgan fingerprint density at radius 2 is 2.14 bits per heavy atom. The number of aliphatic imine (C=N–C) groups is 1. The van der Waals surface area contributed by atoms with E-state index in [2.05, 4.69) is 15.3 Å². The summed E-state index contributed by atoms with van der Waals surface area (Å²) in [6, 6.07) is 6.89. The first kappa shape index (κ1) is 19.3. The first-order valence-electron chi connectivity index (χ1n) is 9.33. The molecule has 2 aliphatic rings. The largest absolute Gasteiger partial charge is 0.467 e. The van der Waals surface area contributed by atoms with E-state index in [0.717, 1.165) is 29.3 Å². The van der Waals surface area contributed by atoms with Gasteiger partial charge < -0.3 is 15.0 Å². The lowest BCUT2D eigenvalue weighted by Crippen LogP contribution is -2.59. The van der Waals surface area contributed by atoms with Gasteiger partial charge in [0.05, 0.1) is 7.11 Å². The molecular formula is C20H20N4O4S. The van der Waals surface area contributed by atoms with Crippen LogP contribution in [-0.2, 0) is 25.5 Å². The van der Waals surface area contributed by atoms with Crippen molar-refractivity contribution in [3.8, 4) is 0 Å². The van der Waals surface area contributed by atoms with Gasteiger partial charge in [-0.1, -0.05) is 18.2 Å². The molecule has 2 atom stereocenters. The summed E-state index contributed by atoms with van der Waals surface area (Å²) < 4.78 is 4.87. The molecule has 1 aromatic carbocycles. The summed E-state index contributed by atoms with van der Waals surface area (Å²) >= 11 is 5.12. The van der Waals surface area contributed by atoms with E-state index >= 15 is 0 Å². The molecule has 1 saturated carbocycles. The number of nitrogens with one attached hydrogen (secondary N) is 2. The monoisotopic (exact) mass is 412 g/mol. The van der Waals surface area contributed by atoms with Crippen molar-refractivity contribution < 1.29 is 19.1 Å². The lowest BCUT2D eigenvalue weighted by molar-refractivity contribution is -0.142. The van der Waals surface area contributed by atoms with Crippen LogP contribution in [0.15, 0.2) is 35.5 Å². The predicted molar refractivity (Wildman–Crippen MR) is 110 cm³/mol. The van der Waals surface area contributed by atoms with Gasteiger partial charge in [-0.2, -0.15) is 0 Å². The summed E-state index contributed by atoms with van der Waals surface area (Å²) in [6.45, 7) is 0. The first-order valence-corrected chi connectivity index (χ1v) is 9.74. The SMILES string of the molecule is COC(=O)C(Cc1c[nH]c2ccccc12)N=CC1C(=O)NC(=S)N(C2CC2)C1=O. The summed E-state index contributed by atoms with van der Waals surface area (Å²) in [5, 5.41) is 3.67. The molecule has 9 heteroatoms. The van der Waals surface area contributed by atoms with Crippen LogP contribution in [0.25, 0.3) is 10.9 Å². The number of esters is 1. The number of para-hydroxylation sites is 1. The number of carbonyl (C=O) groups is 3. The molecule has 150 valence electrons. The van der Waals surface area contributed by atoms with Crippen LogP contribution in [0.3, 0.4) is 0 Å². The second-order valence-electron chi connectivity index (χ2n) is 7.11. The molecule has 2 aromatic rings. The Balaban J connectivity index is 1.56. The number of methoxy groups -OCH3 is 1. The van der Waals surface area contributed by atoms with Crippen LogP contribution in [0.5, 0.6) is 0 Å². The number of aromatic nitrogens is 1. The van der Waals surface area contributed by atoms with E-state index in [1.165, 1.54) is 18.2 Å². The Labute approximate surface area is 172 Å². The van der Waals surface area contributed by atoms with E-state index in [0.29, 0.717) is 0 Å². The number of hydrogen-bond acceptors (Lipinski definition) is 6. The van der Waals surface area contributed by atoms with Crippen molar-refractivity contribution in [2.75, 3.05) is 7.11 Å². The lowest BCUT2D eigenvalue weighted by atomic mass is 10.0. The van der Waals surface area contributed by atoms with E-state index in [1.807, 2.05) is 30.5 Å². The van der Waals surface area contributed by atoms with Gasteiger partial charge >= 0.3 is 5.97 Å². The number of hydrogen-bond donors (Lipinski definition) is 2. The molecule has 0 spiro atoms. The summed E-state index contributed by atoms with van der Waals surface area (Å²) in [4.78, 5) is 46.2. The average molecular weight is 412 g/mol. The zero-order valence-electron chi connectivity index (χ0n) is 15.8. The van der Waals surface area contributed by atoms with Crippen LogP contribution in [0.4, 0.5) is 0 Å². The molecule has 4 rings (SSSR count). The standard InChI is InChI=1S/C20H20N4O4S/c1-28-19(27)16(8-11-9-21-15-5-3-2-4-13(11)15)22-10-14-17(25)23-20(29)24(18(14)26)12-6-7-12/h2-5,9-10,12,14,16,21H,6-8H2,1H3,(H,23,25,29). The predicted octanol–water partition coefficient (Wildman–Crippen LogP) is 1.34. The van der Waals surface area contributed by atoms with Gasteiger partial charge in [-0.25, -0.2) is 4.79 Å². The van der Waals surface area contributed by atoms with Gasteiger partial charge in [-0.3, -0.25) is 19.5 Å². The molecule has 2 heterocycles. The number of rotatable bonds is 6. The number of thiocarbonyl (C=S) groups is 1. The highest BCUT2D eigenvalue weighted by atomic mass is 32.1. The van der Waals surface area contributed by atoms with E-state index in [9.17, 15) is 14.4 Å². The summed E-state index contributed by atoms with van der Waals surface area (Å²) in [6.07, 6.45) is 5.06. The molecule has 1 saturated heterocycles. The fourth-order valence-corrected chi connectivity index (χ4v) is 3.79. The first-order chi connectivity index (χ1) is 14.0. The molecule has 8 nitrogen and oxygen atoms in total. The number of aromatic amines is 1. The van der Waals surface area contributed by atoms with Crippen LogP contribution in [0, 0.1) is 5.92 Å². The third kappa shape index (κ3) is 3.77. The average Bonchev–Trinajstić information content (AvgIpc) is 3.46. The fourth-order valence-electron chi connectivity index (χ4n) is 3.45. The van der Waals surface area contributed by atoms with Crippen LogP contribution < -0.4 is 5.32 Å². The van der Waals surface area contributed by atoms with Gasteiger partial charge in [-0.05, 0) is 36.7 Å². The quantitative estimate of drug-likeness (QED) is 0.323. The Kier molecular flexibility index (Phi) is 5.14. The Bertz CT molecular complexity index is 1030. The molecule has 0 radical (unpaired) electrons. The highest BCUT2D eigenvalue weighted by molar-refractivity contribution is 7.80.